The van der Waals surface area contributed by atoms with Gasteiger partial charge in [-0.1, -0.05) is 73.1 Å². The van der Waals surface area contributed by atoms with Crippen molar-refractivity contribution >= 4 is 0 Å². The molecule has 0 bridgehead atoms. The van der Waals surface area contributed by atoms with Crippen LogP contribution in [0.2, 0.25) is 0 Å². The largest absolute Gasteiger partial charge is 0.402 e. The van der Waals surface area contributed by atoms with Crippen molar-refractivity contribution in [2.24, 2.45) is 17.6 Å². The molecule has 0 spiro atoms. The zero-order chi connectivity index (χ0) is 14.4. The predicted molar refractivity (Wildman–Crippen MR) is 83.0 cm³/mol. The van der Waals surface area contributed by atoms with Gasteiger partial charge in [0, 0.05) is 11.6 Å². The number of hydrogen-bond donors (Lipinski definition) is 1. The van der Waals surface area contributed by atoms with Gasteiger partial charge in [-0.2, -0.15) is 0 Å². The number of hydrogen-bond acceptors (Lipinski definition) is 1. The van der Waals surface area contributed by atoms with Crippen LogP contribution in [-0.4, -0.2) is 0 Å². The molecule has 0 aliphatic heterocycles. The van der Waals surface area contributed by atoms with E-state index in [1.807, 2.05) is 13.8 Å². The van der Waals surface area contributed by atoms with Crippen molar-refractivity contribution in [3.05, 3.63) is 24.4 Å². The first-order valence-corrected chi connectivity index (χ1v) is 7.01. The van der Waals surface area contributed by atoms with Gasteiger partial charge in [0.2, 0.25) is 0 Å². The molecule has 2 atom stereocenters. The number of allylic oxidation sites excluding steroid dienone is 2. The number of nitrogens with two attached hydrogens (primary N) is 1. The molecule has 0 aliphatic carbocycles. The van der Waals surface area contributed by atoms with E-state index in [1.165, 1.54) is 18.4 Å². The van der Waals surface area contributed by atoms with E-state index in [0.717, 1.165) is 12.1 Å². The minimum absolute atomic E-state index is 0.363. The number of rotatable bonds is 5. The van der Waals surface area contributed by atoms with Gasteiger partial charge in [-0.3, -0.25) is 0 Å². The van der Waals surface area contributed by atoms with E-state index in [2.05, 4.69) is 47.8 Å². The molecule has 0 saturated heterocycles. The van der Waals surface area contributed by atoms with Gasteiger partial charge in [0.15, 0.2) is 0 Å². The van der Waals surface area contributed by atoms with Crippen LogP contribution < -0.4 is 5.73 Å². The first-order chi connectivity index (χ1) is 7.92. The first-order valence-electron chi connectivity index (χ1n) is 7.01. The van der Waals surface area contributed by atoms with E-state index < -0.39 is 0 Å². The van der Waals surface area contributed by atoms with Crippen LogP contribution in [0.1, 0.15) is 67.7 Å². The first kappa shape index (κ1) is 21.6. The smallest absolute Gasteiger partial charge is 0.00422 e. The van der Waals surface area contributed by atoms with E-state index in [-0.39, 0.29) is 0 Å². The summed E-state index contributed by atoms with van der Waals surface area (Å²) in [4.78, 5) is 0. The van der Waals surface area contributed by atoms with Crippen molar-refractivity contribution < 1.29 is 0 Å². The molecule has 0 radical (unpaired) electrons. The van der Waals surface area contributed by atoms with E-state index in [4.69, 9.17) is 5.73 Å². The molecule has 0 aromatic carbocycles. The highest BCUT2D eigenvalue weighted by molar-refractivity contribution is 5.06. The van der Waals surface area contributed by atoms with Gasteiger partial charge in [0.05, 0.1) is 0 Å². The minimum Gasteiger partial charge on any atom is -0.402 e. The summed E-state index contributed by atoms with van der Waals surface area (Å²) in [5.41, 5.74) is 7.66. The third-order valence-electron chi connectivity index (χ3n) is 2.42. The lowest BCUT2D eigenvalue weighted by atomic mass is 9.83. The third kappa shape index (κ3) is 13.2. The van der Waals surface area contributed by atoms with Gasteiger partial charge in [-0.25, -0.2) is 0 Å². The Labute approximate surface area is 110 Å². The predicted octanol–water partition coefficient (Wildman–Crippen LogP) is 5.53. The van der Waals surface area contributed by atoms with Crippen LogP contribution in [0.4, 0.5) is 0 Å². The summed E-state index contributed by atoms with van der Waals surface area (Å²) in [6.07, 6.45) is 3.59. The normalized spacial score (nSPS) is 12.2. The Balaban J connectivity index is -0.000000337. The molecule has 0 aliphatic rings. The van der Waals surface area contributed by atoms with Crippen LogP contribution in [0.5, 0.6) is 0 Å². The SMILES string of the molecule is C=C(N)C(C)C(CCC)C(=C)C.CC.CCC. The standard InChI is InChI=1S/C11H21N.C3H8.C2H6/c1-6-7-11(8(2)3)9(4)10(5)12;1-3-2;1-2/h9,11H,2,5-7,12H2,1,3-4H3;3H2,1-2H3;1-2H3. The summed E-state index contributed by atoms with van der Waals surface area (Å²) in [6, 6.07) is 0. The van der Waals surface area contributed by atoms with Crippen molar-refractivity contribution in [2.75, 3.05) is 0 Å². The van der Waals surface area contributed by atoms with Crippen molar-refractivity contribution in [1.29, 1.82) is 0 Å². The lowest BCUT2D eigenvalue weighted by Gasteiger charge is -2.23. The molecule has 104 valence electrons. The summed E-state index contributed by atoms with van der Waals surface area (Å²) >= 11 is 0. The molecule has 0 saturated carbocycles. The van der Waals surface area contributed by atoms with Gasteiger partial charge >= 0.3 is 0 Å². The Bertz CT molecular complexity index is 182. The molecule has 2 unspecified atom stereocenters. The minimum atomic E-state index is 0.363. The summed E-state index contributed by atoms with van der Waals surface area (Å²) in [7, 11) is 0. The van der Waals surface area contributed by atoms with E-state index >= 15 is 0 Å². The van der Waals surface area contributed by atoms with Gasteiger partial charge < -0.3 is 5.73 Å². The third-order valence-corrected chi connectivity index (χ3v) is 2.42. The molecular formula is C16H35N. The molecule has 1 heteroatoms. The lowest BCUT2D eigenvalue weighted by Crippen LogP contribution is -2.18. The van der Waals surface area contributed by atoms with Gasteiger partial charge in [0.1, 0.15) is 0 Å². The highest BCUT2D eigenvalue weighted by Crippen LogP contribution is 2.26. The second-order valence-corrected chi connectivity index (χ2v) is 4.31. The van der Waals surface area contributed by atoms with E-state index in [9.17, 15) is 0 Å². The molecule has 0 fully saturated rings. The molecule has 0 aromatic heterocycles. The fraction of sp³-hybridized carbons (Fsp3) is 0.750. The zero-order valence-corrected chi connectivity index (χ0v) is 13.3. The highest BCUT2D eigenvalue weighted by atomic mass is 14.6. The van der Waals surface area contributed by atoms with Gasteiger partial charge in [-0.05, 0) is 19.3 Å². The maximum Gasteiger partial charge on any atom is 0.00422 e. The molecule has 0 amide bonds. The second kappa shape index (κ2) is 15.3. The fourth-order valence-electron chi connectivity index (χ4n) is 1.49. The van der Waals surface area contributed by atoms with Crippen LogP contribution in [0.25, 0.3) is 0 Å². The Morgan fingerprint density at radius 3 is 1.65 bits per heavy atom. The van der Waals surface area contributed by atoms with Crippen LogP contribution >= 0.6 is 0 Å². The average molecular weight is 241 g/mol. The van der Waals surface area contributed by atoms with Crippen LogP contribution in [0.3, 0.4) is 0 Å². The molecule has 0 heterocycles. The maximum atomic E-state index is 5.67. The average Bonchev–Trinajstić information content (AvgIpc) is 2.28. The van der Waals surface area contributed by atoms with Crippen molar-refractivity contribution in [1.82, 2.24) is 0 Å². The maximum absolute atomic E-state index is 5.67. The Hall–Kier alpha value is -0.720. The molecule has 0 rings (SSSR count). The fourth-order valence-corrected chi connectivity index (χ4v) is 1.49. The molecule has 17 heavy (non-hydrogen) atoms. The summed E-state index contributed by atoms with van der Waals surface area (Å²) < 4.78 is 0. The Morgan fingerprint density at radius 1 is 1.12 bits per heavy atom. The van der Waals surface area contributed by atoms with Crippen LogP contribution in [0.15, 0.2) is 24.4 Å². The quantitative estimate of drug-likeness (QED) is 0.629. The van der Waals surface area contributed by atoms with Gasteiger partial charge in [-0.15, -0.1) is 0 Å². The Kier molecular flexibility index (Phi) is 19.4. The van der Waals surface area contributed by atoms with Crippen LogP contribution in [0, 0.1) is 11.8 Å². The second-order valence-electron chi connectivity index (χ2n) is 4.31. The monoisotopic (exact) mass is 241 g/mol. The topological polar surface area (TPSA) is 26.0 Å². The van der Waals surface area contributed by atoms with Crippen molar-refractivity contribution in [3.63, 3.8) is 0 Å². The van der Waals surface area contributed by atoms with Crippen LogP contribution in [-0.2, 0) is 0 Å². The highest BCUT2D eigenvalue weighted by Gasteiger charge is 2.17. The van der Waals surface area contributed by atoms with E-state index in [1.54, 1.807) is 0 Å². The molecule has 1 nitrogen and oxygen atoms in total. The molecule has 0 aromatic rings. The summed E-state index contributed by atoms with van der Waals surface area (Å²) in [5, 5.41) is 0. The summed E-state index contributed by atoms with van der Waals surface area (Å²) in [5.74, 6) is 0.870. The molecular weight excluding hydrogens is 206 g/mol. The summed E-state index contributed by atoms with van der Waals surface area (Å²) in [6.45, 7) is 22.4. The Morgan fingerprint density at radius 2 is 1.47 bits per heavy atom. The lowest BCUT2D eigenvalue weighted by molar-refractivity contribution is 0.428. The zero-order valence-electron chi connectivity index (χ0n) is 13.3. The molecule has 2 N–H and O–H groups in total. The van der Waals surface area contributed by atoms with E-state index in [0.29, 0.717) is 11.8 Å². The van der Waals surface area contributed by atoms with Crippen molar-refractivity contribution in [2.45, 2.75) is 67.7 Å². The van der Waals surface area contributed by atoms with Gasteiger partial charge in [0.25, 0.3) is 0 Å². The van der Waals surface area contributed by atoms with Crippen molar-refractivity contribution in [3.8, 4) is 0 Å².